The topological polar surface area (TPSA) is 53.6 Å². The van der Waals surface area contributed by atoms with E-state index in [2.05, 4.69) is 46.7 Å². The molecule has 1 amide bonds. The van der Waals surface area contributed by atoms with Crippen LogP contribution in [-0.4, -0.2) is 56.7 Å². The second kappa shape index (κ2) is 7.72. The minimum Gasteiger partial charge on any atom is -0.375 e. The smallest absolute Gasteiger partial charge is 0.239 e. The Kier molecular flexibility index (Phi) is 5.94. The molecule has 5 heteroatoms. The van der Waals surface area contributed by atoms with E-state index in [1.54, 1.807) is 0 Å². The SMILES string of the molecule is Cc1ccc(C(CNC(=O)[C@H]2NCCO[C@@H]2C)N(C)C)cc1. The van der Waals surface area contributed by atoms with Crippen LogP contribution in [0, 0.1) is 6.92 Å². The van der Waals surface area contributed by atoms with Crippen LogP contribution in [-0.2, 0) is 9.53 Å². The third-order valence-corrected chi connectivity index (χ3v) is 4.15. The maximum atomic E-state index is 12.3. The molecule has 1 aromatic rings. The number of carbonyl (C=O) groups excluding carboxylic acids is 1. The molecule has 3 atom stereocenters. The Bertz CT molecular complexity index is 487. The Morgan fingerprint density at radius 2 is 2.09 bits per heavy atom. The Balaban J connectivity index is 1.97. The summed E-state index contributed by atoms with van der Waals surface area (Å²) in [6, 6.07) is 8.34. The van der Waals surface area contributed by atoms with Crippen molar-refractivity contribution in [2.45, 2.75) is 32.0 Å². The van der Waals surface area contributed by atoms with Gasteiger partial charge in [-0.3, -0.25) is 4.79 Å². The number of likely N-dealkylation sites (N-methyl/N-ethyl adjacent to an activating group) is 1. The Morgan fingerprint density at radius 3 is 2.68 bits per heavy atom. The average Bonchev–Trinajstić information content (AvgIpc) is 2.49. The molecule has 0 aromatic heterocycles. The second-order valence-corrected chi connectivity index (χ2v) is 6.14. The fraction of sp³-hybridized carbons (Fsp3) is 0.588. The van der Waals surface area contributed by atoms with Crippen LogP contribution in [0.15, 0.2) is 24.3 Å². The number of ether oxygens (including phenoxy) is 1. The second-order valence-electron chi connectivity index (χ2n) is 6.14. The van der Waals surface area contributed by atoms with Crippen molar-refractivity contribution in [1.29, 1.82) is 0 Å². The quantitative estimate of drug-likeness (QED) is 0.855. The van der Waals surface area contributed by atoms with Gasteiger partial charge in [0.15, 0.2) is 0 Å². The summed E-state index contributed by atoms with van der Waals surface area (Å²) in [4.78, 5) is 14.5. The first-order valence-corrected chi connectivity index (χ1v) is 7.84. The Hall–Kier alpha value is -1.43. The molecule has 5 nitrogen and oxygen atoms in total. The van der Waals surface area contributed by atoms with E-state index in [-0.39, 0.29) is 24.1 Å². The number of nitrogens with one attached hydrogen (secondary N) is 2. The molecule has 2 N–H and O–H groups in total. The third kappa shape index (κ3) is 4.29. The maximum absolute atomic E-state index is 12.3. The monoisotopic (exact) mass is 305 g/mol. The standard InChI is InChI=1S/C17H27N3O2/c1-12-5-7-14(8-6-12)15(20(3)4)11-19-17(21)16-13(2)22-10-9-18-16/h5-8,13,15-16,18H,9-11H2,1-4H3,(H,19,21)/t13-,15?,16+/m1/s1. The van der Waals surface area contributed by atoms with Crippen LogP contribution in [0.25, 0.3) is 0 Å². The summed E-state index contributed by atoms with van der Waals surface area (Å²) < 4.78 is 5.53. The summed E-state index contributed by atoms with van der Waals surface area (Å²) in [5.41, 5.74) is 2.44. The molecule has 1 aliphatic heterocycles. The summed E-state index contributed by atoms with van der Waals surface area (Å²) in [5, 5.41) is 6.27. The summed E-state index contributed by atoms with van der Waals surface area (Å²) in [6.07, 6.45) is -0.0917. The van der Waals surface area contributed by atoms with E-state index < -0.39 is 0 Å². The molecule has 2 rings (SSSR count). The van der Waals surface area contributed by atoms with Crippen molar-refractivity contribution in [1.82, 2.24) is 15.5 Å². The van der Waals surface area contributed by atoms with E-state index in [0.29, 0.717) is 13.2 Å². The zero-order chi connectivity index (χ0) is 16.1. The van der Waals surface area contributed by atoms with E-state index in [0.717, 1.165) is 6.54 Å². The number of morpholine rings is 1. The molecule has 1 fully saturated rings. The average molecular weight is 305 g/mol. The number of rotatable bonds is 5. The van der Waals surface area contributed by atoms with E-state index in [1.165, 1.54) is 11.1 Å². The lowest BCUT2D eigenvalue weighted by Crippen LogP contribution is -2.56. The summed E-state index contributed by atoms with van der Waals surface area (Å²) >= 11 is 0. The van der Waals surface area contributed by atoms with Crippen molar-refractivity contribution in [3.63, 3.8) is 0 Å². The highest BCUT2D eigenvalue weighted by atomic mass is 16.5. The largest absolute Gasteiger partial charge is 0.375 e. The molecule has 1 saturated heterocycles. The highest BCUT2D eigenvalue weighted by molar-refractivity contribution is 5.82. The van der Waals surface area contributed by atoms with Gasteiger partial charge in [-0.2, -0.15) is 0 Å². The van der Waals surface area contributed by atoms with Crippen molar-refractivity contribution in [2.24, 2.45) is 0 Å². The van der Waals surface area contributed by atoms with Gasteiger partial charge >= 0.3 is 0 Å². The minimum atomic E-state index is -0.269. The van der Waals surface area contributed by atoms with Crippen LogP contribution in [0.2, 0.25) is 0 Å². The molecule has 1 aromatic carbocycles. The zero-order valence-electron chi connectivity index (χ0n) is 13.9. The zero-order valence-corrected chi connectivity index (χ0v) is 13.9. The van der Waals surface area contributed by atoms with Crippen LogP contribution in [0.4, 0.5) is 0 Å². The predicted octanol–water partition coefficient (Wildman–Crippen LogP) is 1.09. The fourth-order valence-electron chi connectivity index (χ4n) is 2.72. The summed E-state index contributed by atoms with van der Waals surface area (Å²) in [7, 11) is 4.06. The minimum absolute atomic E-state index is 0.00571. The van der Waals surface area contributed by atoms with Gasteiger partial charge in [-0.25, -0.2) is 0 Å². The maximum Gasteiger partial charge on any atom is 0.239 e. The normalized spacial score (nSPS) is 23.3. The molecule has 0 radical (unpaired) electrons. The van der Waals surface area contributed by atoms with Gasteiger partial charge in [-0.05, 0) is 33.5 Å². The molecule has 0 bridgehead atoms. The molecular weight excluding hydrogens is 278 g/mol. The lowest BCUT2D eigenvalue weighted by molar-refractivity contribution is -0.129. The fourth-order valence-corrected chi connectivity index (χ4v) is 2.72. The van der Waals surface area contributed by atoms with Gasteiger partial charge in [-0.1, -0.05) is 29.8 Å². The van der Waals surface area contributed by atoms with Crippen LogP contribution in [0.5, 0.6) is 0 Å². The van der Waals surface area contributed by atoms with E-state index in [1.807, 2.05) is 21.0 Å². The Morgan fingerprint density at radius 1 is 1.41 bits per heavy atom. The van der Waals surface area contributed by atoms with Gasteiger partial charge in [0.25, 0.3) is 0 Å². The number of hydrogen-bond donors (Lipinski definition) is 2. The lowest BCUT2D eigenvalue weighted by Gasteiger charge is -2.31. The van der Waals surface area contributed by atoms with Gasteiger partial charge in [0.1, 0.15) is 6.04 Å². The molecule has 0 spiro atoms. The molecular formula is C17H27N3O2. The molecule has 22 heavy (non-hydrogen) atoms. The molecule has 1 heterocycles. The Labute approximate surface area is 133 Å². The number of benzene rings is 1. The first-order chi connectivity index (χ1) is 10.5. The summed E-state index contributed by atoms with van der Waals surface area (Å²) in [5.74, 6) is 0.00571. The number of hydrogen-bond acceptors (Lipinski definition) is 4. The first kappa shape index (κ1) is 16.9. The molecule has 122 valence electrons. The van der Waals surface area contributed by atoms with Crippen molar-refractivity contribution in [2.75, 3.05) is 33.8 Å². The van der Waals surface area contributed by atoms with Crippen molar-refractivity contribution in [3.05, 3.63) is 35.4 Å². The number of amides is 1. The predicted molar refractivity (Wildman–Crippen MR) is 87.8 cm³/mol. The highest BCUT2D eigenvalue weighted by Crippen LogP contribution is 2.18. The number of carbonyl (C=O) groups is 1. The van der Waals surface area contributed by atoms with Crippen LogP contribution in [0.1, 0.15) is 24.1 Å². The van der Waals surface area contributed by atoms with Crippen LogP contribution >= 0.6 is 0 Å². The number of aryl methyl sites for hydroxylation is 1. The van der Waals surface area contributed by atoms with Gasteiger partial charge in [0.2, 0.25) is 5.91 Å². The summed E-state index contributed by atoms with van der Waals surface area (Å²) in [6.45, 7) is 5.97. The molecule has 1 unspecified atom stereocenters. The van der Waals surface area contributed by atoms with Crippen molar-refractivity contribution < 1.29 is 9.53 Å². The van der Waals surface area contributed by atoms with Gasteiger partial charge in [-0.15, -0.1) is 0 Å². The molecule has 1 aliphatic rings. The number of nitrogens with zero attached hydrogens (tertiary/aromatic N) is 1. The van der Waals surface area contributed by atoms with Crippen molar-refractivity contribution >= 4 is 5.91 Å². The first-order valence-electron chi connectivity index (χ1n) is 7.84. The third-order valence-electron chi connectivity index (χ3n) is 4.15. The van der Waals surface area contributed by atoms with E-state index in [4.69, 9.17) is 4.74 Å². The van der Waals surface area contributed by atoms with Crippen LogP contribution in [0.3, 0.4) is 0 Å². The van der Waals surface area contributed by atoms with Gasteiger partial charge in [0.05, 0.1) is 18.8 Å². The van der Waals surface area contributed by atoms with E-state index in [9.17, 15) is 4.79 Å². The van der Waals surface area contributed by atoms with Crippen molar-refractivity contribution in [3.8, 4) is 0 Å². The molecule has 0 aliphatic carbocycles. The highest BCUT2D eigenvalue weighted by Gasteiger charge is 2.28. The van der Waals surface area contributed by atoms with Gasteiger partial charge in [0, 0.05) is 13.1 Å². The molecule has 0 saturated carbocycles. The van der Waals surface area contributed by atoms with Crippen LogP contribution < -0.4 is 10.6 Å². The van der Waals surface area contributed by atoms with E-state index >= 15 is 0 Å². The van der Waals surface area contributed by atoms with Gasteiger partial charge < -0.3 is 20.3 Å². The lowest BCUT2D eigenvalue weighted by atomic mass is 10.0.